The highest BCUT2D eigenvalue weighted by Gasteiger charge is 2.20. The van der Waals surface area contributed by atoms with Gasteiger partial charge in [0, 0.05) is 19.5 Å². The van der Waals surface area contributed by atoms with Gasteiger partial charge in [0.1, 0.15) is 5.82 Å². The van der Waals surface area contributed by atoms with Crippen LogP contribution in [0, 0.1) is 0 Å². The number of aryl methyl sites for hydroxylation is 2. The molecule has 1 aromatic heterocycles. The third kappa shape index (κ3) is 2.06. The lowest BCUT2D eigenvalue weighted by molar-refractivity contribution is 0.611. The summed E-state index contributed by atoms with van der Waals surface area (Å²) in [5, 5.41) is 7.72. The van der Waals surface area contributed by atoms with E-state index >= 15 is 0 Å². The van der Waals surface area contributed by atoms with Crippen molar-refractivity contribution in [1.29, 1.82) is 0 Å². The van der Waals surface area contributed by atoms with Gasteiger partial charge in [-0.15, -0.1) is 0 Å². The molecule has 0 saturated heterocycles. The van der Waals surface area contributed by atoms with Gasteiger partial charge in [0.25, 0.3) is 0 Å². The minimum Gasteiger partial charge on any atom is -0.307 e. The first-order valence-corrected chi connectivity index (χ1v) is 4.91. The predicted molar refractivity (Wildman–Crippen MR) is 50.2 cm³/mol. The quantitative estimate of drug-likeness (QED) is 0.739. The van der Waals surface area contributed by atoms with Crippen molar-refractivity contribution in [2.45, 2.75) is 38.8 Å². The summed E-state index contributed by atoms with van der Waals surface area (Å²) in [6.45, 7) is 2.93. The summed E-state index contributed by atoms with van der Waals surface area (Å²) in [6.07, 6.45) is 3.55. The van der Waals surface area contributed by atoms with Crippen LogP contribution in [0.5, 0.6) is 0 Å². The molecule has 72 valence electrons. The van der Waals surface area contributed by atoms with Gasteiger partial charge in [-0.2, -0.15) is 5.10 Å². The first-order valence-electron chi connectivity index (χ1n) is 4.91. The Balaban J connectivity index is 1.96. The van der Waals surface area contributed by atoms with E-state index in [0.29, 0.717) is 0 Å². The monoisotopic (exact) mass is 180 g/mol. The summed E-state index contributed by atoms with van der Waals surface area (Å²) in [5.74, 6) is 1.99. The minimum atomic E-state index is 0.738. The zero-order valence-electron chi connectivity index (χ0n) is 8.25. The fourth-order valence-corrected chi connectivity index (χ4v) is 1.30. The van der Waals surface area contributed by atoms with Gasteiger partial charge in [-0.1, -0.05) is 6.92 Å². The third-order valence-electron chi connectivity index (χ3n) is 2.34. The molecule has 1 N–H and O–H groups in total. The smallest absolute Gasteiger partial charge is 0.150 e. The largest absolute Gasteiger partial charge is 0.307 e. The molecule has 0 unspecified atom stereocenters. The summed E-state index contributed by atoms with van der Waals surface area (Å²) >= 11 is 0. The van der Waals surface area contributed by atoms with Gasteiger partial charge in [-0.05, 0) is 12.8 Å². The molecule has 0 aromatic carbocycles. The molecule has 1 saturated carbocycles. The summed E-state index contributed by atoms with van der Waals surface area (Å²) in [6, 6.07) is 0.738. The van der Waals surface area contributed by atoms with Crippen LogP contribution in [0.1, 0.15) is 31.4 Å². The van der Waals surface area contributed by atoms with E-state index in [0.717, 1.165) is 30.7 Å². The fourth-order valence-electron chi connectivity index (χ4n) is 1.30. The van der Waals surface area contributed by atoms with Crippen molar-refractivity contribution in [2.24, 2.45) is 7.05 Å². The van der Waals surface area contributed by atoms with Gasteiger partial charge in [-0.25, -0.2) is 4.98 Å². The molecule has 0 aliphatic heterocycles. The van der Waals surface area contributed by atoms with Crippen LogP contribution < -0.4 is 5.32 Å². The maximum Gasteiger partial charge on any atom is 0.150 e. The van der Waals surface area contributed by atoms with Crippen molar-refractivity contribution < 1.29 is 0 Å². The molecule has 2 rings (SSSR count). The third-order valence-corrected chi connectivity index (χ3v) is 2.34. The molecule has 0 bridgehead atoms. The van der Waals surface area contributed by atoms with Crippen molar-refractivity contribution in [2.75, 3.05) is 0 Å². The van der Waals surface area contributed by atoms with E-state index in [9.17, 15) is 0 Å². The molecule has 1 fully saturated rings. The Kier molecular flexibility index (Phi) is 2.31. The predicted octanol–water partition coefficient (Wildman–Crippen LogP) is 0.629. The summed E-state index contributed by atoms with van der Waals surface area (Å²) in [7, 11) is 1.95. The van der Waals surface area contributed by atoms with Gasteiger partial charge in [0.2, 0.25) is 0 Å². The maximum absolute atomic E-state index is 4.42. The van der Waals surface area contributed by atoms with Crippen molar-refractivity contribution >= 4 is 0 Å². The fraction of sp³-hybridized carbons (Fsp3) is 0.778. The van der Waals surface area contributed by atoms with E-state index in [4.69, 9.17) is 0 Å². The lowest BCUT2D eigenvalue weighted by Gasteiger charge is -2.00. The van der Waals surface area contributed by atoms with Gasteiger partial charge in [-0.3, -0.25) is 4.68 Å². The molecule has 0 amide bonds. The Hall–Kier alpha value is -0.900. The molecule has 0 atom stereocenters. The normalized spacial score (nSPS) is 16.5. The minimum absolute atomic E-state index is 0.738. The van der Waals surface area contributed by atoms with E-state index in [-0.39, 0.29) is 0 Å². The van der Waals surface area contributed by atoms with Crippen LogP contribution >= 0.6 is 0 Å². The summed E-state index contributed by atoms with van der Waals surface area (Å²) < 4.78 is 1.87. The molecule has 1 aliphatic carbocycles. The van der Waals surface area contributed by atoms with E-state index in [1.54, 1.807) is 0 Å². The number of hydrogen-bond acceptors (Lipinski definition) is 3. The van der Waals surface area contributed by atoms with Crippen molar-refractivity contribution in [3.8, 4) is 0 Å². The van der Waals surface area contributed by atoms with Gasteiger partial charge in [0.05, 0.1) is 6.54 Å². The molecule has 4 nitrogen and oxygen atoms in total. The topological polar surface area (TPSA) is 42.7 Å². The average Bonchev–Trinajstić information content (AvgIpc) is 2.88. The average molecular weight is 180 g/mol. The standard InChI is InChI=1S/C9H16N4/c1-3-8-11-9(13(2)12-8)6-10-7-4-5-7/h7,10H,3-6H2,1-2H3. The van der Waals surface area contributed by atoms with E-state index in [2.05, 4.69) is 22.3 Å². The van der Waals surface area contributed by atoms with Gasteiger partial charge < -0.3 is 5.32 Å². The molecule has 1 aliphatic rings. The molecule has 1 heterocycles. The van der Waals surface area contributed by atoms with Gasteiger partial charge >= 0.3 is 0 Å². The Morgan fingerprint density at radius 1 is 1.54 bits per heavy atom. The van der Waals surface area contributed by atoms with E-state index in [1.807, 2.05) is 11.7 Å². The second-order valence-electron chi connectivity index (χ2n) is 3.58. The zero-order chi connectivity index (χ0) is 9.26. The number of aromatic nitrogens is 3. The Bertz CT molecular complexity index is 288. The van der Waals surface area contributed by atoms with Crippen molar-refractivity contribution in [1.82, 2.24) is 20.1 Å². The second kappa shape index (κ2) is 3.46. The van der Waals surface area contributed by atoms with Crippen molar-refractivity contribution in [3.63, 3.8) is 0 Å². The maximum atomic E-state index is 4.42. The molecular weight excluding hydrogens is 164 g/mol. The van der Waals surface area contributed by atoms with Gasteiger partial charge in [0.15, 0.2) is 5.82 Å². The molecule has 0 radical (unpaired) electrons. The summed E-state index contributed by atoms with van der Waals surface area (Å²) in [4.78, 5) is 4.42. The molecule has 1 aromatic rings. The highest BCUT2D eigenvalue weighted by molar-refractivity contribution is 4.93. The number of hydrogen-bond donors (Lipinski definition) is 1. The van der Waals surface area contributed by atoms with Crippen LogP contribution in [0.3, 0.4) is 0 Å². The number of nitrogens with one attached hydrogen (secondary N) is 1. The Labute approximate surface area is 78.4 Å². The Morgan fingerprint density at radius 3 is 2.85 bits per heavy atom. The molecule has 4 heteroatoms. The van der Waals surface area contributed by atoms with Crippen LogP contribution in [0.4, 0.5) is 0 Å². The molecule has 0 spiro atoms. The lowest BCUT2D eigenvalue weighted by atomic mass is 10.5. The van der Waals surface area contributed by atoms with Crippen molar-refractivity contribution in [3.05, 3.63) is 11.6 Å². The lowest BCUT2D eigenvalue weighted by Crippen LogP contribution is -2.18. The van der Waals surface area contributed by atoms with Crippen LogP contribution in [0.25, 0.3) is 0 Å². The van der Waals surface area contributed by atoms with Crippen LogP contribution in [-0.2, 0) is 20.0 Å². The zero-order valence-corrected chi connectivity index (χ0v) is 8.25. The first kappa shape index (κ1) is 8.69. The first-order chi connectivity index (χ1) is 6.29. The number of rotatable bonds is 4. The van der Waals surface area contributed by atoms with Crippen LogP contribution in [-0.4, -0.2) is 20.8 Å². The highest BCUT2D eigenvalue weighted by atomic mass is 15.3. The van der Waals surface area contributed by atoms with Crippen LogP contribution in [0.2, 0.25) is 0 Å². The van der Waals surface area contributed by atoms with Crippen LogP contribution in [0.15, 0.2) is 0 Å². The summed E-state index contributed by atoms with van der Waals surface area (Å²) in [5.41, 5.74) is 0. The SMILES string of the molecule is CCc1nc(CNC2CC2)n(C)n1. The highest BCUT2D eigenvalue weighted by Crippen LogP contribution is 2.18. The Morgan fingerprint density at radius 2 is 2.31 bits per heavy atom. The molecular formula is C9H16N4. The molecule has 13 heavy (non-hydrogen) atoms. The van der Waals surface area contributed by atoms with E-state index < -0.39 is 0 Å². The second-order valence-corrected chi connectivity index (χ2v) is 3.58. The number of nitrogens with zero attached hydrogens (tertiary/aromatic N) is 3. The van der Waals surface area contributed by atoms with E-state index in [1.165, 1.54) is 12.8 Å².